The Hall–Kier alpha value is -1.97. The lowest BCUT2D eigenvalue weighted by Crippen LogP contribution is -2.43. The van der Waals surface area contributed by atoms with E-state index >= 15 is 0 Å². The summed E-state index contributed by atoms with van der Waals surface area (Å²) in [6.07, 6.45) is 1.71. The highest BCUT2D eigenvalue weighted by Crippen LogP contribution is 2.27. The molecule has 0 bridgehead atoms. The van der Waals surface area contributed by atoms with Crippen LogP contribution in [0.1, 0.15) is 25.7 Å². The second-order valence-electron chi connectivity index (χ2n) is 6.38. The Morgan fingerprint density at radius 3 is 2.48 bits per heavy atom. The first-order valence-electron chi connectivity index (χ1n) is 8.58. The number of carbonyl (C=O) groups is 3. The molecule has 10 heteroatoms. The van der Waals surface area contributed by atoms with Crippen LogP contribution in [0.2, 0.25) is 5.02 Å². The summed E-state index contributed by atoms with van der Waals surface area (Å²) in [4.78, 5) is 37.0. The molecule has 0 aromatic heterocycles. The quantitative estimate of drug-likeness (QED) is 0.671. The second kappa shape index (κ2) is 7.95. The minimum atomic E-state index is -3.89. The van der Waals surface area contributed by atoms with Gasteiger partial charge in [0.05, 0.1) is 4.90 Å². The highest BCUT2D eigenvalue weighted by atomic mass is 35.5. The van der Waals surface area contributed by atoms with Crippen molar-refractivity contribution in [3.63, 3.8) is 0 Å². The highest BCUT2D eigenvalue weighted by molar-refractivity contribution is 7.89. The molecule has 2 aliphatic heterocycles. The average molecular weight is 415 g/mol. The van der Waals surface area contributed by atoms with Gasteiger partial charge in [-0.3, -0.25) is 19.3 Å². The fourth-order valence-corrected chi connectivity index (χ4v) is 5.00. The van der Waals surface area contributed by atoms with Gasteiger partial charge < -0.3 is 4.74 Å². The first kappa shape index (κ1) is 19.8. The van der Waals surface area contributed by atoms with E-state index in [-0.39, 0.29) is 17.3 Å². The largest absolute Gasteiger partial charge is 0.454 e. The molecule has 8 nitrogen and oxygen atoms in total. The number of benzene rings is 1. The van der Waals surface area contributed by atoms with Gasteiger partial charge >= 0.3 is 5.97 Å². The summed E-state index contributed by atoms with van der Waals surface area (Å²) in [6.45, 7) is -0.0745. The fourth-order valence-electron chi connectivity index (χ4n) is 3.22. The normalized spacial score (nSPS) is 20.9. The number of hydrogen-bond acceptors (Lipinski definition) is 6. The van der Waals surface area contributed by atoms with Crippen molar-refractivity contribution in [1.29, 1.82) is 0 Å². The number of nitrogens with zero attached hydrogens (tertiary/aromatic N) is 2. The van der Waals surface area contributed by atoms with Gasteiger partial charge in [-0.05, 0) is 43.5 Å². The Morgan fingerprint density at radius 1 is 1.15 bits per heavy atom. The minimum absolute atomic E-state index is 0.0327. The van der Waals surface area contributed by atoms with Crippen LogP contribution in [0.25, 0.3) is 0 Å². The summed E-state index contributed by atoms with van der Waals surface area (Å²) in [6, 6.07) is 4.68. The van der Waals surface area contributed by atoms with E-state index in [9.17, 15) is 22.8 Å². The molecule has 2 amide bonds. The van der Waals surface area contributed by atoms with Crippen molar-refractivity contribution >= 4 is 39.4 Å². The number of amides is 2. The predicted molar refractivity (Wildman–Crippen MR) is 95.3 cm³/mol. The maximum absolute atomic E-state index is 12.8. The lowest BCUT2D eigenvalue weighted by atomic mass is 10.2. The van der Waals surface area contributed by atoms with Gasteiger partial charge in [-0.15, -0.1) is 0 Å². The van der Waals surface area contributed by atoms with E-state index < -0.39 is 34.5 Å². The Morgan fingerprint density at radius 2 is 1.85 bits per heavy atom. The Bertz CT molecular complexity index is 855. The third-order valence-corrected chi connectivity index (χ3v) is 6.78. The summed E-state index contributed by atoms with van der Waals surface area (Å²) < 4.78 is 31.7. The molecule has 27 heavy (non-hydrogen) atoms. The predicted octanol–water partition coefficient (Wildman–Crippen LogP) is 1.19. The molecule has 0 radical (unpaired) electrons. The molecule has 3 rings (SSSR count). The van der Waals surface area contributed by atoms with E-state index in [0.29, 0.717) is 37.3 Å². The van der Waals surface area contributed by atoms with Crippen LogP contribution in [0.15, 0.2) is 29.2 Å². The van der Waals surface area contributed by atoms with E-state index in [4.69, 9.17) is 16.3 Å². The van der Waals surface area contributed by atoms with Crippen LogP contribution >= 0.6 is 11.6 Å². The van der Waals surface area contributed by atoms with Crippen LogP contribution < -0.4 is 0 Å². The van der Waals surface area contributed by atoms with Gasteiger partial charge in [0, 0.05) is 24.5 Å². The van der Waals surface area contributed by atoms with Crippen LogP contribution in [0, 0.1) is 0 Å². The number of rotatable bonds is 5. The van der Waals surface area contributed by atoms with E-state index in [1.165, 1.54) is 24.3 Å². The van der Waals surface area contributed by atoms with Crippen LogP contribution in [0.4, 0.5) is 0 Å². The second-order valence-corrected chi connectivity index (χ2v) is 8.71. The van der Waals surface area contributed by atoms with E-state index in [0.717, 1.165) is 9.21 Å². The number of likely N-dealkylation sites (tertiary alicyclic amines) is 1. The lowest BCUT2D eigenvalue weighted by Gasteiger charge is -2.23. The maximum atomic E-state index is 12.8. The van der Waals surface area contributed by atoms with Crippen molar-refractivity contribution in [2.75, 3.05) is 19.7 Å². The van der Waals surface area contributed by atoms with Crippen LogP contribution in [0.5, 0.6) is 0 Å². The molecule has 1 aromatic rings. The Labute approximate surface area is 162 Å². The molecule has 2 saturated heterocycles. The molecule has 0 unspecified atom stereocenters. The zero-order valence-corrected chi connectivity index (χ0v) is 16.0. The SMILES string of the molecule is O=C(OCC(=O)N1CCCC1=O)[C@@H]1CCCN1S(=O)(=O)c1ccc(Cl)cc1. The number of esters is 1. The number of hydrogen-bond donors (Lipinski definition) is 0. The summed E-state index contributed by atoms with van der Waals surface area (Å²) in [5.41, 5.74) is 0. The standard InChI is InChI=1S/C17H19ClN2O6S/c18-12-5-7-13(8-6-12)27(24,25)20-10-1-3-14(20)17(23)26-11-16(22)19-9-2-4-15(19)21/h5-8,14H,1-4,9-11H2/t14-/m0/s1. The molecular weight excluding hydrogens is 396 g/mol. The molecule has 0 spiro atoms. The minimum Gasteiger partial charge on any atom is -0.454 e. The van der Waals surface area contributed by atoms with Crippen molar-refractivity contribution in [1.82, 2.24) is 9.21 Å². The number of imide groups is 1. The molecule has 0 aliphatic carbocycles. The third kappa shape index (κ3) is 4.15. The molecule has 146 valence electrons. The van der Waals surface area contributed by atoms with Gasteiger partial charge in [0.1, 0.15) is 6.04 Å². The summed E-state index contributed by atoms with van der Waals surface area (Å²) in [7, 11) is -3.89. The zero-order chi connectivity index (χ0) is 19.6. The van der Waals surface area contributed by atoms with Crippen molar-refractivity contribution in [2.24, 2.45) is 0 Å². The summed E-state index contributed by atoms with van der Waals surface area (Å²) in [5, 5.41) is 0.404. The highest BCUT2D eigenvalue weighted by Gasteiger charge is 2.40. The first-order chi connectivity index (χ1) is 12.8. The fraction of sp³-hybridized carbons (Fsp3) is 0.471. The Balaban J connectivity index is 1.66. The van der Waals surface area contributed by atoms with E-state index in [1.54, 1.807) is 0 Å². The van der Waals surface area contributed by atoms with Crippen molar-refractivity contribution in [2.45, 2.75) is 36.6 Å². The van der Waals surface area contributed by atoms with Gasteiger partial charge in [0.15, 0.2) is 6.61 Å². The molecular formula is C17H19ClN2O6S. The molecule has 0 N–H and O–H groups in total. The van der Waals surface area contributed by atoms with Crippen LogP contribution in [-0.2, 0) is 29.1 Å². The monoisotopic (exact) mass is 414 g/mol. The van der Waals surface area contributed by atoms with Gasteiger partial charge in [-0.25, -0.2) is 8.42 Å². The first-order valence-corrected chi connectivity index (χ1v) is 10.4. The number of carbonyl (C=O) groups excluding carboxylic acids is 3. The number of sulfonamides is 1. The van der Waals surface area contributed by atoms with E-state index in [1.807, 2.05) is 0 Å². The zero-order valence-electron chi connectivity index (χ0n) is 14.5. The van der Waals surface area contributed by atoms with Gasteiger partial charge in [0.2, 0.25) is 15.9 Å². The lowest BCUT2D eigenvalue weighted by molar-refractivity contribution is -0.156. The van der Waals surface area contributed by atoms with Crippen LogP contribution in [0.3, 0.4) is 0 Å². The van der Waals surface area contributed by atoms with Crippen molar-refractivity contribution in [3.8, 4) is 0 Å². The average Bonchev–Trinajstić information content (AvgIpc) is 3.29. The van der Waals surface area contributed by atoms with Gasteiger partial charge in [0.25, 0.3) is 5.91 Å². The Kier molecular flexibility index (Phi) is 5.83. The number of ether oxygens (including phenoxy) is 1. The van der Waals surface area contributed by atoms with Crippen molar-refractivity contribution < 1.29 is 27.5 Å². The molecule has 2 aliphatic rings. The smallest absolute Gasteiger partial charge is 0.324 e. The summed E-state index contributed by atoms with van der Waals surface area (Å²) in [5.74, 6) is -1.66. The summed E-state index contributed by atoms with van der Waals surface area (Å²) >= 11 is 5.79. The molecule has 2 heterocycles. The molecule has 2 fully saturated rings. The van der Waals surface area contributed by atoms with Crippen molar-refractivity contribution in [3.05, 3.63) is 29.3 Å². The number of halogens is 1. The molecule has 1 atom stereocenters. The maximum Gasteiger partial charge on any atom is 0.324 e. The van der Waals surface area contributed by atoms with E-state index in [2.05, 4.69) is 0 Å². The topological polar surface area (TPSA) is 101 Å². The van der Waals surface area contributed by atoms with Gasteiger partial charge in [-0.1, -0.05) is 11.6 Å². The molecule has 1 aromatic carbocycles. The van der Waals surface area contributed by atoms with Gasteiger partial charge in [-0.2, -0.15) is 4.31 Å². The molecule has 0 saturated carbocycles. The third-order valence-electron chi connectivity index (χ3n) is 4.61. The van der Waals surface area contributed by atoms with Crippen LogP contribution in [-0.4, -0.2) is 61.1 Å².